The highest BCUT2D eigenvalue weighted by Gasteiger charge is 2.20. The largest absolute Gasteiger partial charge is 0.456 e. The molecule has 4 heteroatoms. The third-order valence-corrected chi connectivity index (χ3v) is 9.98. The van der Waals surface area contributed by atoms with Crippen molar-refractivity contribution in [1.82, 2.24) is 4.57 Å². The Balaban J connectivity index is 1.36. The molecule has 3 nitrogen and oxygen atoms in total. The Morgan fingerprint density at radius 1 is 0.628 bits per heavy atom. The zero-order valence-corrected chi connectivity index (χ0v) is 24.4. The fourth-order valence-corrected chi connectivity index (χ4v) is 8.05. The number of hydrogen-bond donors (Lipinski definition) is 0. The third kappa shape index (κ3) is 3.40. The van der Waals surface area contributed by atoms with Gasteiger partial charge in [-0.15, -0.1) is 11.3 Å². The number of aromatic nitrogens is 1. The summed E-state index contributed by atoms with van der Waals surface area (Å²) in [5, 5.41) is 6.99. The van der Waals surface area contributed by atoms with Crippen molar-refractivity contribution < 1.29 is 4.42 Å². The highest BCUT2D eigenvalue weighted by atomic mass is 32.1. The lowest BCUT2D eigenvalue weighted by atomic mass is 9.97. The minimum Gasteiger partial charge on any atom is -0.456 e. The molecule has 0 amide bonds. The van der Waals surface area contributed by atoms with E-state index in [2.05, 4.69) is 96.1 Å². The van der Waals surface area contributed by atoms with E-state index in [0.29, 0.717) is 5.69 Å². The molecule has 0 aliphatic carbocycles. The number of benzene rings is 6. The smallest absolute Gasteiger partial charge is 0.205 e. The zero-order valence-electron chi connectivity index (χ0n) is 23.6. The molecule has 0 fully saturated rings. The lowest BCUT2D eigenvalue weighted by Gasteiger charge is -2.10. The maximum atomic E-state index is 8.18. The van der Waals surface area contributed by atoms with Gasteiger partial charge in [-0.25, -0.2) is 4.85 Å². The van der Waals surface area contributed by atoms with Gasteiger partial charge >= 0.3 is 0 Å². The second kappa shape index (κ2) is 8.82. The van der Waals surface area contributed by atoms with Crippen LogP contribution in [-0.2, 0) is 0 Å². The lowest BCUT2D eigenvalue weighted by Crippen LogP contribution is -1.94. The van der Waals surface area contributed by atoms with Gasteiger partial charge in [-0.3, -0.25) is 0 Å². The predicted octanol–water partition coefficient (Wildman–Crippen LogP) is 11.9. The van der Waals surface area contributed by atoms with Gasteiger partial charge in [-0.2, -0.15) is 0 Å². The molecule has 0 saturated carbocycles. The van der Waals surface area contributed by atoms with Crippen LogP contribution in [0.2, 0.25) is 0 Å². The van der Waals surface area contributed by atoms with Gasteiger partial charge < -0.3 is 8.98 Å². The van der Waals surface area contributed by atoms with Crippen molar-refractivity contribution >= 4 is 80.9 Å². The molecular weight excluding hydrogens is 545 g/mol. The van der Waals surface area contributed by atoms with Crippen molar-refractivity contribution in [1.29, 1.82) is 0 Å². The maximum Gasteiger partial charge on any atom is 0.205 e. The molecule has 0 spiro atoms. The van der Waals surface area contributed by atoms with E-state index in [1.165, 1.54) is 43.0 Å². The molecule has 202 valence electrons. The molecule has 0 radical (unpaired) electrons. The monoisotopic (exact) mass is 568 g/mol. The summed E-state index contributed by atoms with van der Waals surface area (Å²) in [4.78, 5) is 4.05. The van der Waals surface area contributed by atoms with Gasteiger partial charge in [0.1, 0.15) is 11.2 Å². The SMILES string of the molecule is [C-]#[N+]c1cc(-c2cccc3oc4ccccc4c23)cc2c1sc1c(-n3c4ccc(C)cc4c4cc(C)ccc43)cccc12. The zero-order chi connectivity index (χ0) is 28.8. The average Bonchev–Trinajstić information content (AvgIpc) is 3.70. The Morgan fingerprint density at radius 2 is 1.33 bits per heavy atom. The van der Waals surface area contributed by atoms with Crippen LogP contribution in [0, 0.1) is 20.4 Å². The number of thiophene rings is 1. The number of fused-ring (bicyclic) bond motifs is 9. The molecule has 0 saturated heterocycles. The maximum absolute atomic E-state index is 8.18. The van der Waals surface area contributed by atoms with E-state index in [9.17, 15) is 0 Å². The van der Waals surface area contributed by atoms with Gasteiger partial charge in [0, 0.05) is 31.6 Å². The second-order valence-corrected chi connectivity index (χ2v) is 12.4. The average molecular weight is 569 g/mol. The van der Waals surface area contributed by atoms with Crippen molar-refractivity contribution in [2.75, 3.05) is 0 Å². The van der Waals surface area contributed by atoms with Gasteiger partial charge in [0.25, 0.3) is 0 Å². The standard InChI is InChI=1S/C39H24N2OS/c1-22-14-16-32-28(18-22)29-19-23(2)15-17-33(29)41(32)34-11-6-10-26-30-20-24(21-31(40-3)38(30)43-39(26)34)25-9-7-13-36-37(25)27-8-4-5-12-35(27)42-36/h4-21H,1-2H3. The first kappa shape index (κ1) is 24.2. The van der Waals surface area contributed by atoms with Crippen molar-refractivity contribution in [2.45, 2.75) is 13.8 Å². The van der Waals surface area contributed by atoms with Crippen LogP contribution in [0.1, 0.15) is 11.1 Å². The van der Waals surface area contributed by atoms with E-state index in [-0.39, 0.29) is 0 Å². The van der Waals surface area contributed by atoms with Crippen LogP contribution < -0.4 is 0 Å². The van der Waals surface area contributed by atoms with Crippen LogP contribution in [0.25, 0.3) is 85.6 Å². The number of aryl methyl sites for hydroxylation is 2. The van der Waals surface area contributed by atoms with Gasteiger partial charge in [0.2, 0.25) is 5.69 Å². The summed E-state index contributed by atoms with van der Waals surface area (Å²) >= 11 is 1.72. The highest BCUT2D eigenvalue weighted by molar-refractivity contribution is 7.26. The van der Waals surface area contributed by atoms with E-state index in [1.54, 1.807) is 11.3 Å². The summed E-state index contributed by atoms with van der Waals surface area (Å²) in [6, 6.07) is 38.7. The Morgan fingerprint density at radius 3 is 2.09 bits per heavy atom. The first-order valence-corrected chi connectivity index (χ1v) is 15.2. The summed E-state index contributed by atoms with van der Waals surface area (Å²) in [5.74, 6) is 0. The van der Waals surface area contributed by atoms with Gasteiger partial charge in [-0.1, -0.05) is 65.7 Å². The topological polar surface area (TPSA) is 22.4 Å². The third-order valence-electron chi connectivity index (χ3n) is 8.71. The first-order valence-electron chi connectivity index (χ1n) is 14.4. The Labute approximate surface area is 251 Å². The van der Waals surface area contributed by atoms with E-state index in [1.807, 2.05) is 36.4 Å². The molecule has 0 unspecified atom stereocenters. The van der Waals surface area contributed by atoms with Crippen LogP contribution in [0.3, 0.4) is 0 Å². The molecule has 9 aromatic rings. The molecule has 3 aromatic heterocycles. The number of furan rings is 1. The normalized spacial score (nSPS) is 11.9. The quantitative estimate of drug-likeness (QED) is 0.190. The summed E-state index contributed by atoms with van der Waals surface area (Å²) in [7, 11) is 0. The molecule has 6 aromatic carbocycles. The molecular formula is C39H24N2OS. The van der Waals surface area contributed by atoms with Crippen LogP contribution >= 0.6 is 11.3 Å². The van der Waals surface area contributed by atoms with E-state index in [4.69, 9.17) is 11.0 Å². The molecule has 43 heavy (non-hydrogen) atoms. The van der Waals surface area contributed by atoms with Gasteiger partial charge in [-0.05, 0) is 85.0 Å². The fraction of sp³-hybridized carbons (Fsp3) is 0.0513. The minimum atomic E-state index is 0.679. The Hall–Kier alpha value is -5.37. The first-order chi connectivity index (χ1) is 21.1. The molecule has 0 aliphatic heterocycles. The fourth-order valence-electron chi connectivity index (χ4n) is 6.81. The molecule has 0 atom stereocenters. The van der Waals surface area contributed by atoms with E-state index < -0.39 is 0 Å². The second-order valence-electron chi connectivity index (χ2n) is 11.4. The Bertz CT molecular complexity index is 2600. The van der Waals surface area contributed by atoms with Crippen molar-refractivity contribution in [3.05, 3.63) is 132 Å². The van der Waals surface area contributed by atoms with Crippen LogP contribution in [0.5, 0.6) is 0 Å². The van der Waals surface area contributed by atoms with Gasteiger partial charge in [0.15, 0.2) is 0 Å². The summed E-state index contributed by atoms with van der Waals surface area (Å²) < 4.78 is 10.8. The molecule has 0 aliphatic rings. The minimum absolute atomic E-state index is 0.679. The van der Waals surface area contributed by atoms with Gasteiger partial charge in [0.05, 0.1) is 28.0 Å². The molecule has 0 N–H and O–H groups in total. The number of nitrogens with zero attached hydrogens (tertiary/aromatic N) is 2. The molecule has 3 heterocycles. The van der Waals surface area contributed by atoms with E-state index in [0.717, 1.165) is 48.8 Å². The number of hydrogen-bond acceptors (Lipinski definition) is 2. The van der Waals surface area contributed by atoms with Crippen molar-refractivity contribution in [2.24, 2.45) is 0 Å². The lowest BCUT2D eigenvalue weighted by molar-refractivity contribution is 0.669. The van der Waals surface area contributed by atoms with Crippen molar-refractivity contribution in [3.8, 4) is 16.8 Å². The number of rotatable bonds is 2. The van der Waals surface area contributed by atoms with Crippen LogP contribution in [0.15, 0.2) is 114 Å². The van der Waals surface area contributed by atoms with Crippen molar-refractivity contribution in [3.63, 3.8) is 0 Å². The Kier molecular flexibility index (Phi) is 4.97. The van der Waals surface area contributed by atoms with E-state index >= 15 is 0 Å². The number of para-hydroxylation sites is 1. The predicted molar refractivity (Wildman–Crippen MR) is 182 cm³/mol. The summed E-state index contributed by atoms with van der Waals surface area (Å²) in [5.41, 5.74) is 10.6. The van der Waals surface area contributed by atoms with Crippen LogP contribution in [0.4, 0.5) is 5.69 Å². The molecule has 9 rings (SSSR count). The molecule has 0 bridgehead atoms. The summed E-state index contributed by atoms with van der Waals surface area (Å²) in [6.45, 7) is 12.5. The summed E-state index contributed by atoms with van der Waals surface area (Å²) in [6.07, 6.45) is 0. The van der Waals surface area contributed by atoms with Crippen LogP contribution in [-0.4, -0.2) is 4.57 Å². The highest BCUT2D eigenvalue weighted by Crippen LogP contribution is 2.47.